The second-order valence-electron chi connectivity index (χ2n) is 7.12. The van der Waals surface area contributed by atoms with Gasteiger partial charge in [-0.15, -0.1) is 9.90 Å². The van der Waals surface area contributed by atoms with E-state index in [-0.39, 0.29) is 10.9 Å². The molecule has 0 radical (unpaired) electrons. The third-order valence-electron chi connectivity index (χ3n) is 4.56. The van der Waals surface area contributed by atoms with Crippen molar-refractivity contribution in [3.05, 3.63) is 53.6 Å². The number of aromatic nitrogens is 7. The summed E-state index contributed by atoms with van der Waals surface area (Å²) in [7, 11) is 1.53. The van der Waals surface area contributed by atoms with Crippen molar-refractivity contribution < 1.29 is 13.9 Å². The molecular formula is C19H19ClFN9O2. The summed E-state index contributed by atoms with van der Waals surface area (Å²) < 4.78 is 20.7. The Morgan fingerprint density at radius 3 is 2.56 bits per heavy atom. The number of anilines is 2. The molecular weight excluding hydrogens is 441 g/mol. The fourth-order valence-electron chi connectivity index (χ4n) is 3.25. The fraction of sp³-hybridized carbons (Fsp3) is 0.263. The molecule has 2 N–H and O–H groups in total. The quantitative estimate of drug-likeness (QED) is 0.452. The van der Waals surface area contributed by atoms with Gasteiger partial charge < -0.3 is 15.4 Å². The van der Waals surface area contributed by atoms with E-state index in [2.05, 4.69) is 35.9 Å². The first kappa shape index (κ1) is 21.6. The SMILES string of the molecule is COC(c1c(NC(=O)Nc2cnc(-n3nccn3)c(Cl)c2)cnc2cc(F)nn12)C(C)C. The van der Waals surface area contributed by atoms with Gasteiger partial charge in [-0.05, 0) is 12.0 Å². The minimum absolute atomic E-state index is 0.00734. The predicted octanol–water partition coefficient (Wildman–Crippen LogP) is 3.49. The maximum atomic E-state index is 13.8. The normalized spacial score (nSPS) is 12.3. The van der Waals surface area contributed by atoms with Gasteiger partial charge in [-0.3, -0.25) is 0 Å². The van der Waals surface area contributed by atoms with Crippen molar-refractivity contribution in [1.29, 1.82) is 0 Å². The first-order chi connectivity index (χ1) is 15.4. The summed E-state index contributed by atoms with van der Waals surface area (Å²) in [6.45, 7) is 3.88. The van der Waals surface area contributed by atoms with Crippen LogP contribution in [0.25, 0.3) is 11.5 Å². The number of nitrogens with one attached hydrogen (secondary N) is 2. The Hall–Kier alpha value is -3.64. The van der Waals surface area contributed by atoms with Crippen LogP contribution < -0.4 is 10.6 Å². The predicted molar refractivity (Wildman–Crippen MR) is 114 cm³/mol. The number of hydrogen-bond acceptors (Lipinski definition) is 7. The van der Waals surface area contributed by atoms with Crippen LogP contribution in [0.2, 0.25) is 5.02 Å². The highest BCUT2D eigenvalue weighted by atomic mass is 35.5. The average molecular weight is 460 g/mol. The van der Waals surface area contributed by atoms with Crippen molar-refractivity contribution in [3.63, 3.8) is 0 Å². The maximum absolute atomic E-state index is 13.8. The van der Waals surface area contributed by atoms with Gasteiger partial charge in [0, 0.05) is 13.2 Å². The largest absolute Gasteiger partial charge is 0.375 e. The van der Waals surface area contributed by atoms with Crippen LogP contribution in [-0.4, -0.2) is 47.7 Å². The number of halogens is 2. The number of carbonyl (C=O) groups excluding carboxylic acids is 1. The smallest absolute Gasteiger partial charge is 0.323 e. The lowest BCUT2D eigenvalue weighted by atomic mass is 10.0. The third-order valence-corrected chi connectivity index (χ3v) is 4.83. The molecule has 4 aromatic heterocycles. The molecule has 1 unspecified atom stereocenters. The van der Waals surface area contributed by atoms with Crippen molar-refractivity contribution in [1.82, 2.24) is 34.6 Å². The Kier molecular flexibility index (Phi) is 5.97. The summed E-state index contributed by atoms with van der Waals surface area (Å²) in [6, 6.07) is 2.13. The summed E-state index contributed by atoms with van der Waals surface area (Å²) in [5.41, 5.74) is 1.42. The molecule has 1 atom stereocenters. The van der Waals surface area contributed by atoms with Crippen LogP contribution in [0.5, 0.6) is 0 Å². The van der Waals surface area contributed by atoms with Gasteiger partial charge in [0.1, 0.15) is 6.10 Å². The Balaban J connectivity index is 1.60. The molecule has 4 aromatic rings. The molecule has 0 aliphatic rings. The highest BCUT2D eigenvalue weighted by Gasteiger charge is 2.25. The van der Waals surface area contributed by atoms with Crippen LogP contribution in [-0.2, 0) is 4.74 Å². The van der Waals surface area contributed by atoms with E-state index in [1.165, 1.54) is 53.3 Å². The summed E-state index contributed by atoms with van der Waals surface area (Å²) in [5.74, 6) is -0.362. The summed E-state index contributed by atoms with van der Waals surface area (Å²) in [6.07, 6.45) is 5.36. The molecule has 32 heavy (non-hydrogen) atoms. The summed E-state index contributed by atoms with van der Waals surface area (Å²) >= 11 is 6.24. The van der Waals surface area contributed by atoms with Crippen LogP contribution in [0.4, 0.5) is 20.6 Å². The molecule has 0 aromatic carbocycles. The lowest BCUT2D eigenvalue weighted by Crippen LogP contribution is -2.24. The molecule has 0 aliphatic heterocycles. The van der Waals surface area contributed by atoms with Gasteiger partial charge in [-0.1, -0.05) is 25.4 Å². The number of methoxy groups -OCH3 is 1. The number of nitrogens with zero attached hydrogens (tertiary/aromatic N) is 7. The summed E-state index contributed by atoms with van der Waals surface area (Å²) in [4.78, 5) is 22.3. The Labute approximate surface area is 186 Å². The molecule has 0 aliphatic carbocycles. The monoisotopic (exact) mass is 459 g/mol. The van der Waals surface area contributed by atoms with Gasteiger partial charge in [0.25, 0.3) is 0 Å². The molecule has 4 heterocycles. The minimum atomic E-state index is -0.688. The number of rotatable bonds is 6. The molecule has 0 spiro atoms. The second-order valence-corrected chi connectivity index (χ2v) is 7.53. The van der Waals surface area contributed by atoms with Gasteiger partial charge in [-0.25, -0.2) is 19.3 Å². The van der Waals surface area contributed by atoms with Crippen LogP contribution in [0.3, 0.4) is 0 Å². The average Bonchev–Trinajstić information content (AvgIpc) is 3.39. The van der Waals surface area contributed by atoms with Crippen LogP contribution in [0, 0.1) is 11.9 Å². The van der Waals surface area contributed by atoms with Gasteiger partial charge in [0.05, 0.1) is 46.9 Å². The number of carbonyl (C=O) groups is 1. The molecule has 0 fully saturated rings. The second kappa shape index (κ2) is 8.85. The molecule has 2 amide bonds. The molecule has 11 nitrogen and oxygen atoms in total. The van der Waals surface area contributed by atoms with Crippen LogP contribution >= 0.6 is 11.6 Å². The zero-order valence-electron chi connectivity index (χ0n) is 17.3. The highest BCUT2D eigenvalue weighted by Crippen LogP contribution is 2.31. The van der Waals surface area contributed by atoms with Gasteiger partial charge in [0.2, 0.25) is 5.95 Å². The lowest BCUT2D eigenvalue weighted by molar-refractivity contribution is 0.0599. The first-order valence-corrected chi connectivity index (χ1v) is 9.92. The number of ether oxygens (including phenoxy) is 1. The number of amides is 2. The fourth-order valence-corrected chi connectivity index (χ4v) is 3.49. The van der Waals surface area contributed by atoms with E-state index in [4.69, 9.17) is 16.3 Å². The lowest BCUT2D eigenvalue weighted by Gasteiger charge is -2.23. The van der Waals surface area contributed by atoms with Crippen LogP contribution in [0.1, 0.15) is 25.6 Å². The Morgan fingerprint density at radius 1 is 1.16 bits per heavy atom. The van der Waals surface area contributed by atoms with E-state index >= 15 is 0 Å². The number of pyridine rings is 1. The van der Waals surface area contributed by atoms with Crippen molar-refractivity contribution in [2.75, 3.05) is 17.7 Å². The van der Waals surface area contributed by atoms with Crippen molar-refractivity contribution in [3.8, 4) is 5.82 Å². The summed E-state index contributed by atoms with van der Waals surface area (Å²) in [5, 5.41) is 17.4. The molecule has 0 bridgehead atoms. The van der Waals surface area contributed by atoms with Gasteiger partial charge >= 0.3 is 6.03 Å². The molecule has 0 saturated carbocycles. The molecule has 0 saturated heterocycles. The number of urea groups is 1. The zero-order valence-corrected chi connectivity index (χ0v) is 18.1. The van der Waals surface area contributed by atoms with E-state index in [0.717, 1.165) is 0 Å². The first-order valence-electron chi connectivity index (χ1n) is 9.54. The topological polar surface area (TPSA) is 124 Å². The molecule has 4 rings (SSSR count). The van der Waals surface area contributed by atoms with Gasteiger partial charge in [0.15, 0.2) is 11.5 Å². The standard InChI is InChI=1S/C19H19ClFN9O2/c1-10(2)17(32-3)16-13(9-22-15-7-14(21)28-29(15)16)27-19(31)26-11-6-12(20)18(23-8-11)30-24-4-5-25-30/h4-10,17H,1-3H3,(H2,26,27,31). The minimum Gasteiger partial charge on any atom is -0.375 e. The Morgan fingerprint density at radius 2 is 1.91 bits per heavy atom. The number of hydrogen-bond donors (Lipinski definition) is 2. The van der Waals surface area contributed by atoms with Crippen molar-refractivity contribution >= 4 is 34.7 Å². The number of fused-ring (bicyclic) bond motifs is 1. The maximum Gasteiger partial charge on any atom is 0.323 e. The van der Waals surface area contributed by atoms with E-state index in [9.17, 15) is 9.18 Å². The van der Waals surface area contributed by atoms with E-state index in [1.54, 1.807) is 0 Å². The third kappa shape index (κ3) is 4.22. The van der Waals surface area contributed by atoms with E-state index < -0.39 is 18.1 Å². The highest BCUT2D eigenvalue weighted by molar-refractivity contribution is 6.32. The van der Waals surface area contributed by atoms with E-state index in [1.807, 2.05) is 13.8 Å². The van der Waals surface area contributed by atoms with E-state index in [0.29, 0.717) is 28.5 Å². The van der Waals surface area contributed by atoms with Gasteiger partial charge in [-0.2, -0.15) is 14.6 Å². The molecule has 13 heteroatoms. The molecule has 166 valence electrons. The zero-order chi connectivity index (χ0) is 22.8. The Bertz CT molecular complexity index is 1260. The van der Waals surface area contributed by atoms with Crippen molar-refractivity contribution in [2.45, 2.75) is 20.0 Å². The van der Waals surface area contributed by atoms with Crippen LogP contribution in [0.15, 0.2) is 36.9 Å². The van der Waals surface area contributed by atoms with Crippen molar-refractivity contribution in [2.24, 2.45) is 5.92 Å².